The molecule has 0 atom stereocenters. The third-order valence-corrected chi connectivity index (χ3v) is 3.09. The number of nitrogens with two attached hydrogens (primary N) is 1. The van der Waals surface area contributed by atoms with Crippen molar-refractivity contribution < 1.29 is 8.91 Å². The zero-order valence-electron chi connectivity index (χ0n) is 10.2. The van der Waals surface area contributed by atoms with Crippen molar-refractivity contribution in [2.45, 2.75) is 0 Å². The summed E-state index contributed by atoms with van der Waals surface area (Å²) >= 11 is 5.90. The molecule has 6 heteroatoms. The monoisotopic (exact) mass is 289 g/mol. The molecule has 0 unspecified atom stereocenters. The van der Waals surface area contributed by atoms with Gasteiger partial charge in [0, 0.05) is 28.5 Å². The molecular formula is C14H9ClFN3O. The van der Waals surface area contributed by atoms with Crippen LogP contribution in [0.2, 0.25) is 5.02 Å². The Morgan fingerprint density at radius 1 is 1.25 bits per heavy atom. The van der Waals surface area contributed by atoms with Gasteiger partial charge in [-0.05, 0) is 24.3 Å². The molecule has 0 amide bonds. The molecule has 1 aromatic carbocycles. The number of nitrogens with zero attached hydrogens (tertiary/aromatic N) is 2. The number of rotatable bonds is 2. The number of halogens is 2. The van der Waals surface area contributed by atoms with Crippen molar-refractivity contribution in [3.8, 4) is 22.4 Å². The molecule has 2 heterocycles. The fourth-order valence-electron chi connectivity index (χ4n) is 1.96. The van der Waals surface area contributed by atoms with Crippen LogP contribution in [0.4, 0.5) is 10.3 Å². The molecule has 3 rings (SSSR count). The normalized spacial score (nSPS) is 10.7. The Hall–Kier alpha value is -2.40. The summed E-state index contributed by atoms with van der Waals surface area (Å²) in [5, 5.41) is 4.24. The Kier molecular flexibility index (Phi) is 3.12. The largest absolute Gasteiger partial charge is 0.367 e. The van der Waals surface area contributed by atoms with E-state index < -0.39 is 5.82 Å². The van der Waals surface area contributed by atoms with Crippen molar-refractivity contribution in [1.29, 1.82) is 0 Å². The van der Waals surface area contributed by atoms with Crippen LogP contribution in [0, 0.1) is 5.82 Å². The molecule has 2 N–H and O–H groups in total. The minimum Gasteiger partial charge on any atom is -0.367 e. The molecule has 0 radical (unpaired) electrons. The van der Waals surface area contributed by atoms with Crippen LogP contribution in [0.1, 0.15) is 0 Å². The third kappa shape index (κ3) is 2.12. The molecule has 0 bridgehead atoms. The molecule has 0 aliphatic carbocycles. The summed E-state index contributed by atoms with van der Waals surface area (Å²) in [4.78, 5) is 4.01. The lowest BCUT2D eigenvalue weighted by atomic mass is 10.0. The maximum absolute atomic E-state index is 14.0. The molecule has 100 valence electrons. The minimum absolute atomic E-state index is 0.104. The fraction of sp³-hybridized carbons (Fsp3) is 0. The number of hydrogen-bond donors (Lipinski definition) is 1. The zero-order valence-corrected chi connectivity index (χ0v) is 10.9. The van der Waals surface area contributed by atoms with Crippen molar-refractivity contribution in [3.63, 3.8) is 0 Å². The second-order valence-electron chi connectivity index (χ2n) is 4.14. The van der Waals surface area contributed by atoms with Gasteiger partial charge in [-0.1, -0.05) is 22.8 Å². The molecule has 4 nitrogen and oxygen atoms in total. The highest BCUT2D eigenvalue weighted by atomic mass is 35.5. The molecule has 0 spiro atoms. The van der Waals surface area contributed by atoms with Gasteiger partial charge in [0.2, 0.25) is 5.88 Å². The molecule has 0 saturated heterocycles. The van der Waals surface area contributed by atoms with Crippen molar-refractivity contribution >= 4 is 17.5 Å². The van der Waals surface area contributed by atoms with Crippen LogP contribution < -0.4 is 5.73 Å². The third-order valence-electron chi connectivity index (χ3n) is 2.85. The van der Waals surface area contributed by atoms with E-state index in [1.165, 1.54) is 18.2 Å². The average molecular weight is 290 g/mol. The number of nitrogen functional groups attached to an aromatic ring is 1. The van der Waals surface area contributed by atoms with Crippen LogP contribution in [0.5, 0.6) is 0 Å². The summed E-state index contributed by atoms with van der Waals surface area (Å²) in [7, 11) is 0. The summed E-state index contributed by atoms with van der Waals surface area (Å²) in [6.45, 7) is 0. The lowest BCUT2D eigenvalue weighted by Gasteiger charge is -2.04. The van der Waals surface area contributed by atoms with Gasteiger partial charge in [-0.2, -0.15) is 0 Å². The second kappa shape index (κ2) is 4.94. The topological polar surface area (TPSA) is 64.9 Å². The lowest BCUT2D eigenvalue weighted by molar-refractivity contribution is 0.439. The van der Waals surface area contributed by atoms with Crippen LogP contribution in [-0.2, 0) is 0 Å². The van der Waals surface area contributed by atoms with E-state index in [9.17, 15) is 4.39 Å². The van der Waals surface area contributed by atoms with Gasteiger partial charge in [-0.3, -0.25) is 4.98 Å². The molecule has 3 aromatic rings. The van der Waals surface area contributed by atoms with E-state index >= 15 is 0 Å². The van der Waals surface area contributed by atoms with Gasteiger partial charge in [0.05, 0.1) is 5.56 Å². The van der Waals surface area contributed by atoms with E-state index in [-0.39, 0.29) is 11.4 Å². The highest BCUT2D eigenvalue weighted by molar-refractivity contribution is 6.30. The first-order valence-corrected chi connectivity index (χ1v) is 6.15. The molecule has 0 saturated carbocycles. The van der Waals surface area contributed by atoms with E-state index in [2.05, 4.69) is 10.1 Å². The molecule has 0 fully saturated rings. The van der Waals surface area contributed by atoms with E-state index in [1.807, 2.05) is 0 Å². The zero-order chi connectivity index (χ0) is 14.1. The van der Waals surface area contributed by atoms with Gasteiger partial charge in [-0.15, -0.1) is 0 Å². The number of benzene rings is 1. The molecule has 0 aliphatic rings. The number of anilines is 1. The van der Waals surface area contributed by atoms with E-state index in [0.717, 1.165) is 0 Å². The standard InChI is InChI=1S/C14H9ClFN3O/c15-9-3-4-11(16)10(6-9)13-12(14(17)20-19-13)8-2-1-5-18-7-8/h1-7H,17H2. The lowest BCUT2D eigenvalue weighted by Crippen LogP contribution is -1.90. The number of aromatic nitrogens is 2. The van der Waals surface area contributed by atoms with Crippen LogP contribution in [-0.4, -0.2) is 10.1 Å². The van der Waals surface area contributed by atoms with Crippen molar-refractivity contribution in [3.05, 3.63) is 53.6 Å². The van der Waals surface area contributed by atoms with Gasteiger partial charge < -0.3 is 10.3 Å². The second-order valence-corrected chi connectivity index (χ2v) is 4.57. The fourth-order valence-corrected chi connectivity index (χ4v) is 2.13. The summed E-state index contributed by atoms with van der Waals surface area (Å²) in [5.74, 6) is -0.347. The first kappa shape index (κ1) is 12.6. The number of hydrogen-bond acceptors (Lipinski definition) is 4. The van der Waals surface area contributed by atoms with Crippen LogP contribution in [0.3, 0.4) is 0 Å². The van der Waals surface area contributed by atoms with Crippen molar-refractivity contribution in [2.75, 3.05) is 5.73 Å². The highest BCUT2D eigenvalue weighted by Gasteiger charge is 2.20. The summed E-state index contributed by atoms with van der Waals surface area (Å²) in [6.07, 6.45) is 3.24. The van der Waals surface area contributed by atoms with Gasteiger partial charge in [-0.25, -0.2) is 4.39 Å². The van der Waals surface area contributed by atoms with Crippen molar-refractivity contribution in [2.24, 2.45) is 0 Å². The average Bonchev–Trinajstić information content (AvgIpc) is 2.84. The Morgan fingerprint density at radius 3 is 2.85 bits per heavy atom. The maximum Gasteiger partial charge on any atom is 0.230 e. The first-order valence-electron chi connectivity index (χ1n) is 5.78. The molecular weight excluding hydrogens is 281 g/mol. The smallest absolute Gasteiger partial charge is 0.230 e. The van der Waals surface area contributed by atoms with Gasteiger partial charge in [0.25, 0.3) is 0 Å². The van der Waals surface area contributed by atoms with Gasteiger partial charge >= 0.3 is 0 Å². The van der Waals surface area contributed by atoms with Crippen LogP contribution >= 0.6 is 11.6 Å². The first-order chi connectivity index (χ1) is 9.66. The van der Waals surface area contributed by atoms with E-state index in [0.29, 0.717) is 21.8 Å². The number of pyridine rings is 1. The van der Waals surface area contributed by atoms with Crippen LogP contribution in [0.15, 0.2) is 47.2 Å². The highest BCUT2D eigenvalue weighted by Crippen LogP contribution is 2.37. The Bertz CT molecular complexity index is 758. The Labute approximate surface area is 119 Å². The predicted octanol–water partition coefficient (Wildman–Crippen LogP) is 3.78. The molecule has 2 aromatic heterocycles. The quantitative estimate of drug-likeness (QED) is 0.780. The summed E-state index contributed by atoms with van der Waals surface area (Å²) in [6, 6.07) is 7.76. The van der Waals surface area contributed by atoms with E-state index in [1.54, 1.807) is 24.5 Å². The summed E-state index contributed by atoms with van der Waals surface area (Å²) in [5.41, 5.74) is 7.52. The Morgan fingerprint density at radius 2 is 2.10 bits per heavy atom. The molecule has 20 heavy (non-hydrogen) atoms. The van der Waals surface area contributed by atoms with Gasteiger partial charge in [0.15, 0.2) is 0 Å². The maximum atomic E-state index is 14.0. The summed E-state index contributed by atoms with van der Waals surface area (Å²) < 4.78 is 19.0. The van der Waals surface area contributed by atoms with Gasteiger partial charge in [0.1, 0.15) is 11.5 Å². The van der Waals surface area contributed by atoms with E-state index in [4.69, 9.17) is 21.9 Å². The van der Waals surface area contributed by atoms with Crippen molar-refractivity contribution in [1.82, 2.24) is 10.1 Å². The predicted molar refractivity (Wildman–Crippen MR) is 74.6 cm³/mol. The minimum atomic E-state index is -0.451. The Balaban J connectivity index is 2.24. The molecule has 0 aliphatic heterocycles. The SMILES string of the molecule is Nc1onc(-c2cc(Cl)ccc2F)c1-c1cccnc1. The van der Waals surface area contributed by atoms with Crippen LogP contribution in [0.25, 0.3) is 22.4 Å².